The van der Waals surface area contributed by atoms with Crippen LogP contribution in [0.3, 0.4) is 0 Å². The van der Waals surface area contributed by atoms with Crippen LogP contribution in [0, 0.1) is 5.92 Å². The summed E-state index contributed by atoms with van der Waals surface area (Å²) in [5.74, 6) is -0.0612. The van der Waals surface area contributed by atoms with Crippen LogP contribution in [0.5, 0.6) is 0 Å². The van der Waals surface area contributed by atoms with Gasteiger partial charge in [-0.2, -0.15) is 0 Å². The van der Waals surface area contributed by atoms with E-state index in [2.05, 4.69) is 10.6 Å². The summed E-state index contributed by atoms with van der Waals surface area (Å²) in [6.45, 7) is 0.566. The largest absolute Gasteiger partial charge is 0.393 e. The van der Waals surface area contributed by atoms with Gasteiger partial charge in [0.15, 0.2) is 0 Å². The molecule has 6 heteroatoms. The van der Waals surface area contributed by atoms with Crippen LogP contribution in [0.4, 0.5) is 0 Å². The Balaban J connectivity index is 1.64. The highest BCUT2D eigenvalue weighted by molar-refractivity contribution is 7.12. The van der Waals surface area contributed by atoms with Gasteiger partial charge in [-0.25, -0.2) is 0 Å². The van der Waals surface area contributed by atoms with Gasteiger partial charge in [-0.15, -0.1) is 11.3 Å². The Morgan fingerprint density at radius 1 is 1.35 bits per heavy atom. The SMILES string of the molecule is O=C(CNC(=O)c1cccs1)NCC1CCCC(O)C1. The molecule has 1 saturated carbocycles. The predicted octanol–water partition coefficient (Wildman–Crippen LogP) is 1.15. The number of hydrogen-bond donors (Lipinski definition) is 3. The van der Waals surface area contributed by atoms with Crippen molar-refractivity contribution in [3.63, 3.8) is 0 Å². The molecule has 1 aromatic heterocycles. The first-order valence-electron chi connectivity index (χ1n) is 6.91. The summed E-state index contributed by atoms with van der Waals surface area (Å²) in [5.41, 5.74) is 0. The zero-order valence-electron chi connectivity index (χ0n) is 11.3. The third-order valence-electron chi connectivity index (χ3n) is 3.50. The van der Waals surface area contributed by atoms with Crippen LogP contribution in [-0.4, -0.2) is 36.1 Å². The lowest BCUT2D eigenvalue weighted by Gasteiger charge is -2.25. The fraction of sp³-hybridized carbons (Fsp3) is 0.571. The molecular formula is C14H20N2O3S. The molecule has 1 aliphatic rings. The summed E-state index contributed by atoms with van der Waals surface area (Å²) in [6.07, 6.45) is 3.43. The van der Waals surface area contributed by atoms with Crippen molar-refractivity contribution in [3.05, 3.63) is 22.4 Å². The van der Waals surface area contributed by atoms with Crippen LogP contribution in [0.1, 0.15) is 35.4 Å². The monoisotopic (exact) mass is 296 g/mol. The van der Waals surface area contributed by atoms with Gasteiger partial charge in [-0.05, 0) is 36.6 Å². The van der Waals surface area contributed by atoms with Crippen LogP contribution in [0.15, 0.2) is 17.5 Å². The van der Waals surface area contributed by atoms with E-state index < -0.39 is 0 Å². The van der Waals surface area contributed by atoms with E-state index in [9.17, 15) is 14.7 Å². The van der Waals surface area contributed by atoms with E-state index in [1.54, 1.807) is 12.1 Å². The van der Waals surface area contributed by atoms with E-state index >= 15 is 0 Å². The van der Waals surface area contributed by atoms with Crippen molar-refractivity contribution in [2.24, 2.45) is 5.92 Å². The molecule has 1 aromatic rings. The second-order valence-electron chi connectivity index (χ2n) is 5.15. The van der Waals surface area contributed by atoms with Crippen LogP contribution in [-0.2, 0) is 4.79 Å². The van der Waals surface area contributed by atoms with E-state index in [1.807, 2.05) is 5.38 Å². The Morgan fingerprint density at radius 3 is 2.90 bits per heavy atom. The van der Waals surface area contributed by atoms with Crippen LogP contribution in [0.25, 0.3) is 0 Å². The van der Waals surface area contributed by atoms with E-state index in [4.69, 9.17) is 0 Å². The van der Waals surface area contributed by atoms with E-state index in [0.29, 0.717) is 17.3 Å². The first-order chi connectivity index (χ1) is 9.65. The molecule has 2 amide bonds. The van der Waals surface area contributed by atoms with Crippen molar-refractivity contribution >= 4 is 23.2 Å². The summed E-state index contributed by atoms with van der Waals surface area (Å²) >= 11 is 1.35. The maximum atomic E-state index is 11.7. The Morgan fingerprint density at radius 2 is 2.20 bits per heavy atom. The van der Waals surface area contributed by atoms with Gasteiger partial charge in [0.1, 0.15) is 0 Å². The van der Waals surface area contributed by atoms with Crippen molar-refractivity contribution < 1.29 is 14.7 Å². The summed E-state index contributed by atoms with van der Waals surface area (Å²) < 4.78 is 0. The first kappa shape index (κ1) is 15.0. The lowest BCUT2D eigenvalue weighted by molar-refractivity contribution is -0.120. The number of hydrogen-bond acceptors (Lipinski definition) is 4. The Labute approximate surface area is 122 Å². The maximum Gasteiger partial charge on any atom is 0.261 e. The van der Waals surface area contributed by atoms with E-state index in [1.165, 1.54) is 11.3 Å². The first-order valence-corrected chi connectivity index (χ1v) is 7.79. The second-order valence-corrected chi connectivity index (χ2v) is 6.10. The molecule has 2 atom stereocenters. The quantitative estimate of drug-likeness (QED) is 0.762. The fourth-order valence-corrected chi connectivity index (χ4v) is 3.06. The van der Waals surface area contributed by atoms with Crippen molar-refractivity contribution in [1.82, 2.24) is 10.6 Å². The minimum Gasteiger partial charge on any atom is -0.393 e. The Hall–Kier alpha value is -1.40. The van der Waals surface area contributed by atoms with Crippen LogP contribution >= 0.6 is 11.3 Å². The normalized spacial score (nSPS) is 22.2. The average molecular weight is 296 g/mol. The molecule has 1 heterocycles. The lowest BCUT2D eigenvalue weighted by Crippen LogP contribution is -2.39. The molecule has 1 fully saturated rings. The Bertz CT molecular complexity index is 447. The second kappa shape index (κ2) is 7.40. The number of rotatable bonds is 5. The molecule has 0 spiro atoms. The highest BCUT2D eigenvalue weighted by Gasteiger charge is 2.20. The molecule has 110 valence electrons. The molecule has 1 aliphatic carbocycles. The van der Waals surface area contributed by atoms with Gasteiger partial charge in [0, 0.05) is 6.54 Å². The molecule has 0 bridgehead atoms. The van der Waals surface area contributed by atoms with Crippen molar-refractivity contribution in [2.45, 2.75) is 31.8 Å². The van der Waals surface area contributed by atoms with Crippen molar-refractivity contribution in [2.75, 3.05) is 13.1 Å². The highest BCUT2D eigenvalue weighted by Crippen LogP contribution is 2.23. The molecule has 0 aromatic carbocycles. The van der Waals surface area contributed by atoms with Crippen molar-refractivity contribution in [1.29, 1.82) is 0 Å². The van der Waals surface area contributed by atoms with Crippen LogP contribution in [0.2, 0.25) is 0 Å². The molecule has 2 rings (SSSR count). The number of aliphatic hydroxyl groups excluding tert-OH is 1. The van der Waals surface area contributed by atoms with Gasteiger partial charge in [0.2, 0.25) is 5.91 Å². The van der Waals surface area contributed by atoms with Gasteiger partial charge in [-0.3, -0.25) is 9.59 Å². The smallest absolute Gasteiger partial charge is 0.261 e. The molecule has 3 N–H and O–H groups in total. The summed E-state index contributed by atoms with van der Waals surface area (Å²) in [6, 6.07) is 3.52. The number of thiophene rings is 1. The predicted molar refractivity (Wildman–Crippen MR) is 77.6 cm³/mol. The number of carbonyl (C=O) groups excluding carboxylic acids is 2. The van der Waals surface area contributed by atoms with Gasteiger partial charge in [-0.1, -0.05) is 12.5 Å². The highest BCUT2D eigenvalue weighted by atomic mass is 32.1. The number of nitrogens with one attached hydrogen (secondary N) is 2. The zero-order valence-corrected chi connectivity index (χ0v) is 12.1. The number of amides is 2. The van der Waals surface area contributed by atoms with Gasteiger partial charge < -0.3 is 15.7 Å². The summed E-state index contributed by atoms with van der Waals surface area (Å²) in [7, 11) is 0. The molecule has 2 unspecified atom stereocenters. The molecular weight excluding hydrogens is 276 g/mol. The van der Waals surface area contributed by atoms with Gasteiger partial charge in [0.05, 0.1) is 17.5 Å². The number of aliphatic hydroxyl groups is 1. The topological polar surface area (TPSA) is 78.4 Å². The van der Waals surface area contributed by atoms with Gasteiger partial charge >= 0.3 is 0 Å². The molecule has 0 saturated heterocycles. The lowest BCUT2D eigenvalue weighted by atomic mass is 9.87. The molecule has 5 nitrogen and oxygen atoms in total. The standard InChI is InChI=1S/C14H20N2O3S/c17-11-4-1-3-10(7-11)8-15-13(18)9-16-14(19)12-5-2-6-20-12/h2,5-6,10-11,17H,1,3-4,7-9H2,(H,15,18)(H,16,19). The van der Waals surface area contributed by atoms with E-state index in [0.717, 1.165) is 25.7 Å². The molecule has 0 radical (unpaired) electrons. The number of carbonyl (C=O) groups is 2. The summed E-state index contributed by atoms with van der Waals surface area (Å²) in [4.78, 5) is 23.9. The Kier molecular flexibility index (Phi) is 5.55. The maximum absolute atomic E-state index is 11.7. The molecule has 20 heavy (non-hydrogen) atoms. The minimum atomic E-state index is -0.232. The third-order valence-corrected chi connectivity index (χ3v) is 4.37. The van der Waals surface area contributed by atoms with Crippen LogP contribution < -0.4 is 10.6 Å². The minimum absolute atomic E-state index is 0.00793. The molecule has 0 aliphatic heterocycles. The average Bonchev–Trinajstić information content (AvgIpc) is 2.97. The van der Waals surface area contributed by atoms with Crippen molar-refractivity contribution in [3.8, 4) is 0 Å². The zero-order chi connectivity index (χ0) is 14.4. The summed E-state index contributed by atoms with van der Waals surface area (Å²) in [5, 5.41) is 16.8. The third kappa shape index (κ3) is 4.61. The van der Waals surface area contributed by atoms with E-state index in [-0.39, 0.29) is 24.5 Å². The fourth-order valence-electron chi connectivity index (χ4n) is 2.42. The van der Waals surface area contributed by atoms with Gasteiger partial charge in [0.25, 0.3) is 5.91 Å².